The lowest BCUT2D eigenvalue weighted by molar-refractivity contribution is 0.0684. The van der Waals surface area contributed by atoms with Crippen LogP contribution >= 0.6 is 0 Å². The number of hydrogen-bond acceptors (Lipinski definition) is 4. The van der Waals surface area contributed by atoms with Gasteiger partial charge < -0.3 is 10.2 Å². The number of anilines is 1. The highest BCUT2D eigenvalue weighted by Crippen LogP contribution is 2.22. The Balaban J connectivity index is 1.55. The Morgan fingerprint density at radius 1 is 1.24 bits per heavy atom. The molecule has 1 N–H and O–H groups in total. The van der Waals surface area contributed by atoms with Gasteiger partial charge in [0.25, 0.3) is 5.91 Å². The lowest BCUT2D eigenvalue weighted by atomic mass is 9.90. The molecule has 1 saturated heterocycles. The predicted octanol–water partition coefficient (Wildman–Crippen LogP) is 3.17. The molecule has 5 heteroatoms. The van der Waals surface area contributed by atoms with E-state index in [0.717, 1.165) is 32.4 Å². The molecule has 2 heterocycles. The van der Waals surface area contributed by atoms with Gasteiger partial charge >= 0.3 is 0 Å². The lowest BCUT2D eigenvalue weighted by Gasteiger charge is -2.32. The van der Waals surface area contributed by atoms with Crippen LogP contribution in [-0.2, 0) is 6.42 Å². The average Bonchev–Trinajstić information content (AvgIpc) is 2.67. The first kappa shape index (κ1) is 17.1. The molecule has 0 atom stereocenters. The van der Waals surface area contributed by atoms with Crippen LogP contribution in [0.2, 0.25) is 0 Å². The molecule has 0 aliphatic carbocycles. The summed E-state index contributed by atoms with van der Waals surface area (Å²) in [6, 6.07) is 12.3. The van der Waals surface area contributed by atoms with Crippen molar-refractivity contribution in [1.29, 1.82) is 0 Å². The zero-order valence-electron chi connectivity index (χ0n) is 14.4. The van der Waals surface area contributed by atoms with Crippen molar-refractivity contribution in [2.75, 3.05) is 25.0 Å². The summed E-state index contributed by atoms with van der Waals surface area (Å²) in [6.07, 6.45) is 6.34. The summed E-state index contributed by atoms with van der Waals surface area (Å²) >= 11 is 0. The number of amides is 1. The summed E-state index contributed by atoms with van der Waals surface area (Å²) in [5, 5.41) is 3.09. The maximum Gasteiger partial charge on any atom is 0.272 e. The third-order valence-corrected chi connectivity index (χ3v) is 4.58. The molecule has 130 valence electrons. The number of rotatable bonds is 6. The zero-order chi connectivity index (χ0) is 17.5. The molecular weight excluding hydrogens is 312 g/mol. The van der Waals surface area contributed by atoms with Gasteiger partial charge in [-0.1, -0.05) is 36.4 Å². The number of carbonyl (C=O) groups is 1. The van der Waals surface area contributed by atoms with Gasteiger partial charge in [-0.2, -0.15) is 0 Å². The van der Waals surface area contributed by atoms with E-state index < -0.39 is 0 Å². The van der Waals surface area contributed by atoms with Crippen LogP contribution < -0.4 is 5.32 Å². The van der Waals surface area contributed by atoms with Gasteiger partial charge in [0.15, 0.2) is 0 Å². The molecule has 0 unspecified atom stereocenters. The molecule has 0 saturated carbocycles. The molecule has 1 aliphatic heterocycles. The van der Waals surface area contributed by atoms with E-state index in [1.807, 2.05) is 11.0 Å². The number of piperidine rings is 1. The van der Waals surface area contributed by atoms with Crippen molar-refractivity contribution in [3.05, 3.63) is 66.6 Å². The summed E-state index contributed by atoms with van der Waals surface area (Å²) in [4.78, 5) is 22.8. The summed E-state index contributed by atoms with van der Waals surface area (Å²) in [5.41, 5.74) is 1.82. The van der Waals surface area contributed by atoms with Crippen LogP contribution in [-0.4, -0.2) is 40.4 Å². The molecule has 1 amide bonds. The SMILES string of the molecule is C=CCNc1cc(C(=O)N2CCC(Cc3ccccc3)CC2)ncn1. The molecule has 1 aliphatic rings. The molecule has 25 heavy (non-hydrogen) atoms. The molecule has 1 aromatic carbocycles. The van der Waals surface area contributed by atoms with Crippen LogP contribution in [0, 0.1) is 5.92 Å². The van der Waals surface area contributed by atoms with Crippen LogP contribution in [0.25, 0.3) is 0 Å². The molecule has 0 spiro atoms. The highest BCUT2D eigenvalue weighted by molar-refractivity contribution is 5.92. The largest absolute Gasteiger partial charge is 0.366 e. The number of nitrogens with one attached hydrogen (secondary N) is 1. The van der Waals surface area contributed by atoms with Gasteiger partial charge in [0.05, 0.1) is 0 Å². The quantitative estimate of drug-likeness (QED) is 0.823. The van der Waals surface area contributed by atoms with Crippen LogP contribution in [0.15, 0.2) is 55.4 Å². The first-order chi connectivity index (χ1) is 12.3. The molecule has 0 radical (unpaired) electrons. The topological polar surface area (TPSA) is 58.1 Å². The number of carbonyl (C=O) groups excluding carboxylic acids is 1. The Morgan fingerprint density at radius 3 is 2.72 bits per heavy atom. The Kier molecular flexibility index (Phi) is 5.77. The fraction of sp³-hybridized carbons (Fsp3) is 0.350. The minimum atomic E-state index is -0.0118. The second-order valence-corrected chi connectivity index (χ2v) is 6.38. The van der Waals surface area contributed by atoms with Crippen LogP contribution in [0.1, 0.15) is 28.9 Å². The smallest absolute Gasteiger partial charge is 0.272 e. The first-order valence-electron chi connectivity index (χ1n) is 8.76. The van der Waals surface area contributed by atoms with Crippen molar-refractivity contribution < 1.29 is 4.79 Å². The molecule has 3 rings (SSSR count). The van der Waals surface area contributed by atoms with Crippen molar-refractivity contribution >= 4 is 11.7 Å². The van der Waals surface area contributed by atoms with E-state index in [1.54, 1.807) is 12.1 Å². The normalized spacial score (nSPS) is 15.0. The Morgan fingerprint density at radius 2 is 2.00 bits per heavy atom. The molecule has 2 aromatic rings. The molecule has 0 bridgehead atoms. The maximum absolute atomic E-state index is 12.7. The van der Waals surface area contributed by atoms with Crippen molar-refractivity contribution in [1.82, 2.24) is 14.9 Å². The standard InChI is InChI=1S/C20H24N4O/c1-2-10-21-19-14-18(22-15-23-19)20(25)24-11-8-17(9-12-24)13-16-6-4-3-5-7-16/h2-7,14-15,17H,1,8-13H2,(H,21,22,23). The summed E-state index contributed by atoms with van der Waals surface area (Å²) in [7, 11) is 0. The molecule has 1 fully saturated rings. The second-order valence-electron chi connectivity index (χ2n) is 6.38. The van der Waals surface area contributed by atoms with Crippen LogP contribution in [0.5, 0.6) is 0 Å². The summed E-state index contributed by atoms with van der Waals surface area (Å²) in [6.45, 7) is 5.84. The van der Waals surface area contributed by atoms with Gasteiger partial charge in [-0.15, -0.1) is 6.58 Å². The molecule has 5 nitrogen and oxygen atoms in total. The van der Waals surface area contributed by atoms with Crippen molar-refractivity contribution in [3.8, 4) is 0 Å². The monoisotopic (exact) mass is 336 g/mol. The fourth-order valence-electron chi connectivity index (χ4n) is 3.20. The summed E-state index contributed by atoms with van der Waals surface area (Å²) < 4.78 is 0. The Labute approximate surface area is 148 Å². The van der Waals surface area contributed by atoms with Crippen molar-refractivity contribution in [3.63, 3.8) is 0 Å². The van der Waals surface area contributed by atoms with E-state index in [1.165, 1.54) is 11.9 Å². The zero-order valence-corrected chi connectivity index (χ0v) is 14.4. The van der Waals surface area contributed by atoms with Crippen LogP contribution in [0.4, 0.5) is 5.82 Å². The number of aromatic nitrogens is 2. The maximum atomic E-state index is 12.7. The minimum absolute atomic E-state index is 0.0118. The van der Waals surface area contributed by atoms with Crippen molar-refractivity contribution in [2.24, 2.45) is 5.92 Å². The Bertz CT molecular complexity index is 709. The lowest BCUT2D eigenvalue weighted by Crippen LogP contribution is -2.39. The number of nitrogens with zero attached hydrogens (tertiary/aromatic N) is 3. The minimum Gasteiger partial charge on any atom is -0.366 e. The second kappa shape index (κ2) is 8.42. The van der Waals surface area contributed by atoms with Gasteiger partial charge in [-0.05, 0) is 30.7 Å². The molecular formula is C20H24N4O. The van der Waals surface area contributed by atoms with E-state index in [2.05, 4.69) is 46.1 Å². The van der Waals surface area contributed by atoms with E-state index in [9.17, 15) is 4.79 Å². The number of hydrogen-bond donors (Lipinski definition) is 1. The third-order valence-electron chi connectivity index (χ3n) is 4.58. The highest BCUT2D eigenvalue weighted by Gasteiger charge is 2.24. The predicted molar refractivity (Wildman–Crippen MR) is 99.5 cm³/mol. The van der Waals surface area contributed by atoms with Gasteiger partial charge in [-0.25, -0.2) is 9.97 Å². The summed E-state index contributed by atoms with van der Waals surface area (Å²) in [5.74, 6) is 1.28. The fourth-order valence-corrected chi connectivity index (χ4v) is 3.20. The van der Waals surface area contributed by atoms with Gasteiger partial charge in [0.2, 0.25) is 0 Å². The third kappa shape index (κ3) is 4.66. The van der Waals surface area contributed by atoms with Crippen LogP contribution in [0.3, 0.4) is 0 Å². The van der Waals surface area contributed by atoms with E-state index >= 15 is 0 Å². The Hall–Kier alpha value is -2.69. The number of benzene rings is 1. The average molecular weight is 336 g/mol. The number of likely N-dealkylation sites (tertiary alicyclic amines) is 1. The van der Waals surface area contributed by atoms with E-state index in [-0.39, 0.29) is 5.91 Å². The van der Waals surface area contributed by atoms with Crippen molar-refractivity contribution in [2.45, 2.75) is 19.3 Å². The van der Waals surface area contributed by atoms with E-state index in [0.29, 0.717) is 24.0 Å². The van der Waals surface area contributed by atoms with E-state index in [4.69, 9.17) is 0 Å². The van der Waals surface area contributed by atoms with Gasteiger partial charge in [0, 0.05) is 25.7 Å². The molecule has 1 aromatic heterocycles. The highest BCUT2D eigenvalue weighted by atomic mass is 16.2. The first-order valence-corrected chi connectivity index (χ1v) is 8.76. The van der Waals surface area contributed by atoms with Gasteiger partial charge in [0.1, 0.15) is 17.8 Å². The van der Waals surface area contributed by atoms with Gasteiger partial charge in [-0.3, -0.25) is 4.79 Å².